The van der Waals surface area contributed by atoms with Crippen LogP contribution in [0.4, 0.5) is 5.69 Å². The van der Waals surface area contributed by atoms with Gasteiger partial charge in [-0.15, -0.1) is 5.10 Å². The van der Waals surface area contributed by atoms with Gasteiger partial charge in [-0.2, -0.15) is 0 Å². The van der Waals surface area contributed by atoms with E-state index < -0.39 is 0 Å². The largest absolute Gasteiger partial charge is 0.302 e. The maximum atomic E-state index is 13.4. The van der Waals surface area contributed by atoms with Crippen molar-refractivity contribution in [2.24, 2.45) is 0 Å². The van der Waals surface area contributed by atoms with Crippen LogP contribution in [0.5, 0.6) is 0 Å². The summed E-state index contributed by atoms with van der Waals surface area (Å²) in [5, 5.41) is 4.15. The average molecular weight is 377 g/mol. The number of para-hydroxylation sites is 1. The summed E-state index contributed by atoms with van der Waals surface area (Å²) in [4.78, 5) is 20.2. The molecular weight excluding hydrogens is 358 g/mol. The lowest BCUT2D eigenvalue weighted by Crippen LogP contribution is -2.31. The number of amides is 1. The molecule has 0 atom stereocenters. The van der Waals surface area contributed by atoms with Gasteiger partial charge in [0.2, 0.25) is 0 Å². The zero-order valence-electron chi connectivity index (χ0n) is 14.9. The normalized spacial score (nSPS) is 11.0. The van der Waals surface area contributed by atoms with Crippen molar-refractivity contribution in [3.63, 3.8) is 0 Å². The number of anilines is 1. The Kier molecular flexibility index (Phi) is 4.93. The predicted octanol–water partition coefficient (Wildman–Crippen LogP) is 3.99. The van der Waals surface area contributed by atoms with E-state index in [9.17, 15) is 4.79 Å². The average Bonchev–Trinajstić information content (AvgIpc) is 3.34. The van der Waals surface area contributed by atoms with Crippen LogP contribution in [-0.2, 0) is 13.0 Å². The molecule has 4 rings (SSSR count). The third kappa shape index (κ3) is 3.46. The zero-order chi connectivity index (χ0) is 18.6. The van der Waals surface area contributed by atoms with Crippen LogP contribution in [0.2, 0.25) is 0 Å². The lowest BCUT2D eigenvalue weighted by molar-refractivity contribution is 0.0987. The highest BCUT2D eigenvalue weighted by Gasteiger charge is 2.24. The summed E-state index contributed by atoms with van der Waals surface area (Å²) in [5.41, 5.74) is 3.41. The summed E-state index contributed by atoms with van der Waals surface area (Å²) in [5.74, 6) is -0.0782. The third-order valence-corrected chi connectivity index (χ3v) is 5.12. The van der Waals surface area contributed by atoms with Crippen LogP contribution >= 0.6 is 11.5 Å². The summed E-state index contributed by atoms with van der Waals surface area (Å²) >= 11 is 1.16. The van der Waals surface area contributed by atoms with Crippen LogP contribution in [0, 0.1) is 0 Å². The number of nitrogens with zero attached hydrogens (tertiary/aromatic N) is 5. The first-order valence-corrected chi connectivity index (χ1v) is 9.64. The van der Waals surface area contributed by atoms with Gasteiger partial charge in [-0.3, -0.25) is 4.79 Å². The van der Waals surface area contributed by atoms with Crippen LogP contribution in [-0.4, -0.2) is 24.9 Å². The molecule has 0 saturated carbocycles. The first kappa shape index (κ1) is 17.4. The summed E-state index contributed by atoms with van der Waals surface area (Å²) in [6, 6.07) is 15.5. The molecule has 1 aromatic carbocycles. The number of aromatic nitrogens is 4. The van der Waals surface area contributed by atoms with Crippen molar-refractivity contribution < 1.29 is 4.79 Å². The van der Waals surface area contributed by atoms with Gasteiger partial charge in [0.15, 0.2) is 0 Å². The molecular formula is C20H19N5OS. The SMILES string of the molecule is CCCc1nnsc1C(=O)N(Cc1cnc2ccccn12)c1ccccc1. The number of rotatable bonds is 6. The number of hydrogen-bond acceptors (Lipinski definition) is 5. The molecule has 0 aliphatic carbocycles. The van der Waals surface area contributed by atoms with E-state index in [1.54, 1.807) is 4.90 Å². The molecule has 0 N–H and O–H groups in total. The third-order valence-electron chi connectivity index (χ3n) is 4.36. The van der Waals surface area contributed by atoms with E-state index in [2.05, 4.69) is 21.5 Å². The Hall–Kier alpha value is -3.06. The van der Waals surface area contributed by atoms with Crippen molar-refractivity contribution in [1.29, 1.82) is 0 Å². The summed E-state index contributed by atoms with van der Waals surface area (Å²) in [6.07, 6.45) is 5.44. The van der Waals surface area contributed by atoms with Crippen molar-refractivity contribution in [3.05, 3.63) is 77.2 Å². The highest BCUT2D eigenvalue weighted by atomic mass is 32.1. The highest BCUT2D eigenvalue weighted by molar-refractivity contribution is 7.08. The van der Waals surface area contributed by atoms with E-state index in [4.69, 9.17) is 0 Å². The summed E-state index contributed by atoms with van der Waals surface area (Å²) in [7, 11) is 0. The predicted molar refractivity (Wildman–Crippen MR) is 106 cm³/mol. The smallest absolute Gasteiger partial charge is 0.272 e. The number of hydrogen-bond donors (Lipinski definition) is 0. The first-order chi connectivity index (χ1) is 13.3. The molecule has 0 aliphatic heterocycles. The molecule has 0 unspecified atom stereocenters. The van der Waals surface area contributed by atoms with Crippen molar-refractivity contribution in [2.45, 2.75) is 26.3 Å². The lowest BCUT2D eigenvalue weighted by Gasteiger charge is -2.22. The van der Waals surface area contributed by atoms with Gasteiger partial charge in [0.25, 0.3) is 5.91 Å². The molecule has 0 fully saturated rings. The van der Waals surface area contributed by atoms with Crippen LogP contribution < -0.4 is 4.90 Å². The zero-order valence-corrected chi connectivity index (χ0v) is 15.8. The fraction of sp³-hybridized carbons (Fsp3) is 0.200. The van der Waals surface area contributed by atoms with Gasteiger partial charge in [-0.25, -0.2) is 4.98 Å². The van der Waals surface area contributed by atoms with Crippen LogP contribution in [0.15, 0.2) is 60.9 Å². The second-order valence-electron chi connectivity index (χ2n) is 6.20. The lowest BCUT2D eigenvalue weighted by atomic mass is 10.2. The Labute approximate surface area is 161 Å². The quantitative estimate of drug-likeness (QED) is 0.510. The first-order valence-electron chi connectivity index (χ1n) is 8.87. The van der Waals surface area contributed by atoms with E-state index in [1.165, 1.54) is 0 Å². The Morgan fingerprint density at radius 1 is 1.15 bits per heavy atom. The maximum absolute atomic E-state index is 13.4. The molecule has 3 heterocycles. The molecule has 0 spiro atoms. The Morgan fingerprint density at radius 3 is 2.78 bits per heavy atom. The van der Waals surface area contributed by atoms with Crippen LogP contribution in [0.25, 0.3) is 5.65 Å². The number of carbonyl (C=O) groups is 1. The molecule has 27 heavy (non-hydrogen) atoms. The number of imidazole rings is 1. The molecule has 4 aromatic rings. The fourth-order valence-corrected chi connectivity index (χ4v) is 3.70. The van der Waals surface area contributed by atoms with Crippen molar-refractivity contribution >= 4 is 28.8 Å². The minimum atomic E-state index is -0.0782. The second kappa shape index (κ2) is 7.67. The number of pyridine rings is 1. The molecule has 0 radical (unpaired) electrons. The van der Waals surface area contributed by atoms with E-state index in [0.717, 1.165) is 47.1 Å². The van der Waals surface area contributed by atoms with Crippen LogP contribution in [0.1, 0.15) is 34.4 Å². The van der Waals surface area contributed by atoms with Gasteiger partial charge in [0.05, 0.1) is 24.1 Å². The van der Waals surface area contributed by atoms with Gasteiger partial charge in [-0.05, 0) is 42.2 Å². The molecule has 0 bridgehead atoms. The van der Waals surface area contributed by atoms with Gasteiger partial charge < -0.3 is 9.30 Å². The molecule has 1 amide bonds. The van der Waals surface area contributed by atoms with Gasteiger partial charge in [0.1, 0.15) is 10.5 Å². The molecule has 136 valence electrons. The Balaban J connectivity index is 1.73. The van der Waals surface area contributed by atoms with Gasteiger partial charge >= 0.3 is 0 Å². The number of benzene rings is 1. The van der Waals surface area contributed by atoms with Crippen molar-refractivity contribution in [3.8, 4) is 0 Å². The van der Waals surface area contributed by atoms with E-state index in [1.807, 2.05) is 65.3 Å². The maximum Gasteiger partial charge on any atom is 0.272 e. The van der Waals surface area contributed by atoms with E-state index in [0.29, 0.717) is 11.4 Å². The van der Waals surface area contributed by atoms with Crippen molar-refractivity contribution in [1.82, 2.24) is 19.0 Å². The molecule has 7 heteroatoms. The summed E-state index contributed by atoms with van der Waals surface area (Å²) in [6.45, 7) is 2.48. The van der Waals surface area contributed by atoms with Gasteiger partial charge in [-0.1, -0.05) is 42.1 Å². The number of aryl methyl sites for hydroxylation is 1. The minimum Gasteiger partial charge on any atom is -0.302 e. The highest BCUT2D eigenvalue weighted by Crippen LogP contribution is 2.23. The van der Waals surface area contributed by atoms with E-state index >= 15 is 0 Å². The Bertz CT molecular complexity index is 1060. The Morgan fingerprint density at radius 2 is 1.96 bits per heavy atom. The fourth-order valence-electron chi connectivity index (χ4n) is 3.05. The molecule has 0 aliphatic rings. The molecule has 3 aromatic heterocycles. The second-order valence-corrected chi connectivity index (χ2v) is 6.96. The molecule has 6 nitrogen and oxygen atoms in total. The number of fused-ring (bicyclic) bond motifs is 1. The van der Waals surface area contributed by atoms with Gasteiger partial charge in [0, 0.05) is 11.9 Å². The van der Waals surface area contributed by atoms with Crippen LogP contribution in [0.3, 0.4) is 0 Å². The van der Waals surface area contributed by atoms with E-state index in [-0.39, 0.29) is 5.91 Å². The van der Waals surface area contributed by atoms with Crippen molar-refractivity contribution in [2.75, 3.05) is 4.90 Å². The minimum absolute atomic E-state index is 0.0782. The monoisotopic (exact) mass is 377 g/mol. The topological polar surface area (TPSA) is 63.4 Å². The summed E-state index contributed by atoms with van der Waals surface area (Å²) < 4.78 is 6.01. The standard InChI is InChI=1S/C20H19N5OS/c1-2-8-17-19(27-23-22-17)20(26)25(15-9-4-3-5-10-15)14-16-13-21-18-11-6-7-12-24(16)18/h3-7,9-13H,2,8,14H2,1H3. The molecule has 0 saturated heterocycles. The number of carbonyl (C=O) groups excluding carboxylic acids is 1.